The van der Waals surface area contributed by atoms with Crippen LogP contribution in [0.2, 0.25) is 0 Å². The van der Waals surface area contributed by atoms with Crippen molar-refractivity contribution in [3.63, 3.8) is 0 Å². The predicted molar refractivity (Wildman–Crippen MR) is 39.9 cm³/mol. The van der Waals surface area contributed by atoms with Crippen LogP contribution in [0.15, 0.2) is 0 Å². The van der Waals surface area contributed by atoms with Crippen LogP contribution in [0.4, 0.5) is 4.79 Å². The molecule has 0 aliphatic carbocycles. The van der Waals surface area contributed by atoms with E-state index in [1.54, 1.807) is 7.05 Å². The molecule has 1 rings (SSSR count). The minimum Gasteiger partial charge on any atom is -0.326 e. The highest BCUT2D eigenvalue weighted by atomic mass is 16.2. The van der Waals surface area contributed by atoms with Crippen molar-refractivity contribution < 1.29 is 9.59 Å². The first kappa shape index (κ1) is 8.04. The van der Waals surface area contributed by atoms with Gasteiger partial charge < -0.3 is 4.90 Å². The van der Waals surface area contributed by atoms with Gasteiger partial charge in [-0.05, 0) is 13.8 Å². The molecule has 0 bridgehead atoms. The Labute approximate surface area is 65.6 Å². The number of imide groups is 1. The fourth-order valence-electron chi connectivity index (χ4n) is 1.10. The van der Waals surface area contributed by atoms with Crippen LogP contribution in [-0.4, -0.2) is 30.4 Å². The molecule has 1 heterocycles. The zero-order chi connectivity index (χ0) is 8.65. The van der Waals surface area contributed by atoms with Crippen LogP contribution in [0.1, 0.15) is 13.8 Å². The van der Waals surface area contributed by atoms with E-state index in [9.17, 15) is 9.59 Å². The number of urea groups is 1. The third kappa shape index (κ3) is 1.34. The van der Waals surface area contributed by atoms with E-state index in [0.29, 0.717) is 6.54 Å². The van der Waals surface area contributed by atoms with Crippen molar-refractivity contribution in [3.8, 4) is 0 Å². The van der Waals surface area contributed by atoms with Gasteiger partial charge in [-0.1, -0.05) is 0 Å². The second-order valence-corrected chi connectivity index (χ2v) is 3.50. The fourth-order valence-corrected chi connectivity index (χ4v) is 1.10. The number of carbonyl (C=O) groups excluding carboxylic acids is 2. The van der Waals surface area contributed by atoms with Crippen LogP contribution in [0.3, 0.4) is 0 Å². The highest BCUT2D eigenvalue weighted by Crippen LogP contribution is 2.19. The summed E-state index contributed by atoms with van der Waals surface area (Å²) in [7, 11) is 1.67. The van der Waals surface area contributed by atoms with E-state index in [2.05, 4.69) is 5.32 Å². The zero-order valence-corrected chi connectivity index (χ0v) is 6.97. The summed E-state index contributed by atoms with van der Waals surface area (Å²) in [6, 6.07) is -0.311. The Morgan fingerprint density at radius 1 is 1.45 bits per heavy atom. The van der Waals surface area contributed by atoms with Crippen LogP contribution < -0.4 is 5.32 Å². The van der Waals surface area contributed by atoms with Gasteiger partial charge in [-0.15, -0.1) is 0 Å². The molecule has 0 aromatic heterocycles. The maximum Gasteiger partial charge on any atom is 0.323 e. The van der Waals surface area contributed by atoms with Crippen LogP contribution in [0, 0.1) is 5.41 Å². The van der Waals surface area contributed by atoms with Crippen LogP contribution in [0.5, 0.6) is 0 Å². The molecule has 1 fully saturated rings. The molecular weight excluding hydrogens is 144 g/mol. The topological polar surface area (TPSA) is 49.4 Å². The Balaban J connectivity index is 2.79. The van der Waals surface area contributed by atoms with Gasteiger partial charge in [0.2, 0.25) is 5.91 Å². The highest BCUT2D eigenvalue weighted by molar-refractivity contribution is 5.99. The van der Waals surface area contributed by atoms with Gasteiger partial charge in [0.05, 0.1) is 5.41 Å². The second-order valence-electron chi connectivity index (χ2n) is 3.50. The third-order valence-corrected chi connectivity index (χ3v) is 1.81. The first-order valence-corrected chi connectivity index (χ1v) is 3.50. The van der Waals surface area contributed by atoms with Crippen LogP contribution in [-0.2, 0) is 4.79 Å². The molecule has 4 nitrogen and oxygen atoms in total. The molecule has 62 valence electrons. The van der Waals surface area contributed by atoms with Crippen LogP contribution >= 0.6 is 0 Å². The van der Waals surface area contributed by atoms with E-state index in [4.69, 9.17) is 0 Å². The number of hydrogen-bond donors (Lipinski definition) is 1. The monoisotopic (exact) mass is 156 g/mol. The Bertz CT molecular complexity index is 210. The molecule has 0 radical (unpaired) electrons. The van der Waals surface area contributed by atoms with Gasteiger partial charge in [0.25, 0.3) is 0 Å². The van der Waals surface area contributed by atoms with E-state index < -0.39 is 5.41 Å². The molecule has 1 saturated heterocycles. The minimum atomic E-state index is -0.456. The predicted octanol–water partition coefficient (Wildman–Crippen LogP) is 0.194. The zero-order valence-electron chi connectivity index (χ0n) is 6.97. The molecule has 0 aromatic rings. The summed E-state index contributed by atoms with van der Waals surface area (Å²) in [5.41, 5.74) is -0.456. The van der Waals surface area contributed by atoms with Gasteiger partial charge in [0, 0.05) is 13.6 Å². The first-order valence-electron chi connectivity index (χ1n) is 3.50. The third-order valence-electron chi connectivity index (χ3n) is 1.81. The van der Waals surface area contributed by atoms with Crippen molar-refractivity contribution in [1.29, 1.82) is 0 Å². The standard InChI is InChI=1S/C7H12N2O2/c1-7(2)4-9(3)6(11)8-5(7)10/h4H2,1-3H3,(H,8,10,11). The SMILES string of the molecule is CN1CC(C)(C)C(=O)NC1=O. The summed E-state index contributed by atoms with van der Waals surface area (Å²) in [5, 5.41) is 2.27. The van der Waals surface area contributed by atoms with Gasteiger partial charge in [0.1, 0.15) is 0 Å². The van der Waals surface area contributed by atoms with Crippen molar-refractivity contribution >= 4 is 11.9 Å². The fraction of sp³-hybridized carbons (Fsp3) is 0.714. The molecule has 0 unspecified atom stereocenters. The van der Waals surface area contributed by atoms with Crippen LogP contribution in [0.25, 0.3) is 0 Å². The Hall–Kier alpha value is -1.06. The molecule has 4 heteroatoms. The summed E-state index contributed by atoms with van der Waals surface area (Å²) in [4.78, 5) is 23.5. The second kappa shape index (κ2) is 2.22. The van der Waals surface area contributed by atoms with Crippen molar-refractivity contribution in [2.24, 2.45) is 5.41 Å². The molecule has 0 atom stereocenters. The van der Waals surface area contributed by atoms with Gasteiger partial charge in [-0.2, -0.15) is 0 Å². The largest absolute Gasteiger partial charge is 0.326 e. The minimum absolute atomic E-state index is 0.194. The maximum atomic E-state index is 11.1. The first-order chi connectivity index (χ1) is 4.93. The molecule has 0 saturated carbocycles. The molecule has 3 amide bonds. The molecule has 1 N–H and O–H groups in total. The highest BCUT2D eigenvalue weighted by Gasteiger charge is 2.36. The average molecular weight is 156 g/mol. The van der Waals surface area contributed by atoms with Gasteiger partial charge in [-0.3, -0.25) is 10.1 Å². The average Bonchev–Trinajstić information content (AvgIpc) is 1.83. The smallest absolute Gasteiger partial charge is 0.323 e. The van der Waals surface area contributed by atoms with Gasteiger partial charge in [-0.25, -0.2) is 4.79 Å². The Morgan fingerprint density at radius 3 is 2.45 bits per heavy atom. The maximum absolute atomic E-state index is 11.1. The van der Waals surface area contributed by atoms with E-state index in [1.807, 2.05) is 13.8 Å². The number of carbonyl (C=O) groups is 2. The summed E-state index contributed by atoms with van der Waals surface area (Å²) in [5.74, 6) is -0.194. The molecular formula is C7H12N2O2. The number of rotatable bonds is 0. The molecule has 1 aliphatic heterocycles. The van der Waals surface area contributed by atoms with Gasteiger partial charge >= 0.3 is 6.03 Å². The normalized spacial score (nSPS) is 23.4. The summed E-state index contributed by atoms with van der Waals surface area (Å²) < 4.78 is 0. The summed E-state index contributed by atoms with van der Waals surface area (Å²) >= 11 is 0. The lowest BCUT2D eigenvalue weighted by Gasteiger charge is -2.34. The van der Waals surface area contributed by atoms with Crippen molar-refractivity contribution in [2.75, 3.05) is 13.6 Å². The Kier molecular flexibility index (Phi) is 1.62. The number of nitrogens with one attached hydrogen (secondary N) is 1. The lowest BCUT2D eigenvalue weighted by molar-refractivity contribution is -0.130. The lowest BCUT2D eigenvalue weighted by atomic mass is 9.90. The molecule has 1 aliphatic rings. The molecule has 0 spiro atoms. The van der Waals surface area contributed by atoms with E-state index >= 15 is 0 Å². The van der Waals surface area contributed by atoms with E-state index in [0.717, 1.165) is 0 Å². The van der Waals surface area contributed by atoms with Crippen molar-refractivity contribution in [3.05, 3.63) is 0 Å². The Morgan fingerprint density at radius 2 is 2.00 bits per heavy atom. The van der Waals surface area contributed by atoms with Crippen molar-refractivity contribution in [2.45, 2.75) is 13.8 Å². The summed E-state index contributed by atoms with van der Waals surface area (Å²) in [6.07, 6.45) is 0. The summed E-state index contributed by atoms with van der Waals surface area (Å²) in [6.45, 7) is 4.11. The van der Waals surface area contributed by atoms with E-state index in [-0.39, 0.29) is 11.9 Å². The van der Waals surface area contributed by atoms with Crippen molar-refractivity contribution in [1.82, 2.24) is 10.2 Å². The number of hydrogen-bond acceptors (Lipinski definition) is 2. The lowest BCUT2D eigenvalue weighted by Crippen LogP contribution is -2.56. The van der Waals surface area contributed by atoms with E-state index in [1.165, 1.54) is 4.90 Å². The number of nitrogens with zero attached hydrogens (tertiary/aromatic N) is 1. The quantitative estimate of drug-likeness (QED) is 0.544. The number of amides is 3. The molecule has 0 aromatic carbocycles. The van der Waals surface area contributed by atoms with Gasteiger partial charge in [0.15, 0.2) is 0 Å². The molecule has 11 heavy (non-hydrogen) atoms.